The number of anilines is 1. The number of likely N-dealkylation sites (tertiary alicyclic amines) is 1. The minimum Gasteiger partial charge on any atom is -0.486 e. The molecule has 2 heterocycles. The van der Waals surface area contributed by atoms with E-state index in [2.05, 4.69) is 17.1 Å². The quantitative estimate of drug-likeness (QED) is 0.802. The Morgan fingerprint density at radius 3 is 2.75 bits per heavy atom. The van der Waals surface area contributed by atoms with Gasteiger partial charge in [0.1, 0.15) is 11.9 Å². The van der Waals surface area contributed by atoms with E-state index in [0.29, 0.717) is 12.1 Å². The molecule has 130 valence electrons. The Morgan fingerprint density at radius 1 is 1.33 bits per heavy atom. The number of nitrogens with one attached hydrogen (secondary N) is 1. The fraction of sp³-hybridized carbons (Fsp3) is 0.556. The molecule has 1 aromatic carbocycles. The maximum atomic E-state index is 12.5. The van der Waals surface area contributed by atoms with Crippen molar-refractivity contribution in [3.63, 3.8) is 0 Å². The van der Waals surface area contributed by atoms with Crippen LogP contribution in [0, 0.1) is 5.92 Å². The molecule has 3 N–H and O–H groups in total. The Kier molecular flexibility index (Phi) is 5.04. The van der Waals surface area contributed by atoms with Gasteiger partial charge in [-0.15, -0.1) is 0 Å². The first-order chi connectivity index (χ1) is 11.6. The number of amides is 1. The van der Waals surface area contributed by atoms with E-state index in [9.17, 15) is 9.59 Å². The lowest BCUT2D eigenvalue weighted by molar-refractivity contribution is -0.123. The molecule has 6 nitrogen and oxygen atoms in total. The van der Waals surface area contributed by atoms with Gasteiger partial charge in [-0.25, -0.2) is 0 Å². The molecule has 0 aromatic heterocycles. The number of nitrogens with zero attached hydrogens (tertiary/aromatic N) is 1. The van der Waals surface area contributed by atoms with Crippen LogP contribution < -0.4 is 15.8 Å². The van der Waals surface area contributed by atoms with E-state index in [1.807, 2.05) is 18.2 Å². The number of piperidine rings is 1. The van der Waals surface area contributed by atoms with Crippen molar-refractivity contribution in [3.8, 4) is 5.75 Å². The number of nitrogens with two attached hydrogens (primary N) is 1. The van der Waals surface area contributed by atoms with Crippen LogP contribution in [-0.2, 0) is 4.79 Å². The van der Waals surface area contributed by atoms with E-state index in [1.165, 1.54) is 0 Å². The van der Waals surface area contributed by atoms with Gasteiger partial charge < -0.3 is 15.8 Å². The number of ether oxygens (including phenoxy) is 1. The van der Waals surface area contributed by atoms with Crippen molar-refractivity contribution >= 4 is 17.4 Å². The van der Waals surface area contributed by atoms with Crippen LogP contribution in [0.2, 0.25) is 0 Å². The number of primary amides is 1. The first kappa shape index (κ1) is 16.8. The van der Waals surface area contributed by atoms with Gasteiger partial charge in [0.05, 0.1) is 18.8 Å². The summed E-state index contributed by atoms with van der Waals surface area (Å²) in [6, 6.07) is 5.58. The van der Waals surface area contributed by atoms with Crippen molar-refractivity contribution in [2.75, 3.05) is 31.5 Å². The molecule has 1 fully saturated rings. The van der Waals surface area contributed by atoms with Crippen molar-refractivity contribution in [1.29, 1.82) is 0 Å². The summed E-state index contributed by atoms with van der Waals surface area (Å²) in [6.45, 7) is 4.72. The SMILES string of the molecule is CCC1CNc2cc(C(=O)CN3CCC(C(N)=O)CC3)ccc2O1. The summed E-state index contributed by atoms with van der Waals surface area (Å²) in [4.78, 5) is 25.8. The topological polar surface area (TPSA) is 84.7 Å². The average molecular weight is 331 g/mol. The summed E-state index contributed by atoms with van der Waals surface area (Å²) in [5, 5.41) is 3.34. The van der Waals surface area contributed by atoms with Crippen molar-refractivity contribution in [3.05, 3.63) is 23.8 Å². The summed E-state index contributed by atoms with van der Waals surface area (Å²) >= 11 is 0. The molecule has 0 spiro atoms. The van der Waals surface area contributed by atoms with Crippen molar-refractivity contribution < 1.29 is 14.3 Å². The molecule has 1 aromatic rings. The van der Waals surface area contributed by atoms with Gasteiger partial charge in [0.2, 0.25) is 5.91 Å². The van der Waals surface area contributed by atoms with Gasteiger partial charge in [0.15, 0.2) is 5.78 Å². The molecular formula is C18H25N3O3. The van der Waals surface area contributed by atoms with E-state index >= 15 is 0 Å². The van der Waals surface area contributed by atoms with Crippen molar-refractivity contribution in [2.24, 2.45) is 11.7 Å². The highest BCUT2D eigenvalue weighted by atomic mass is 16.5. The molecule has 0 aliphatic carbocycles. The second kappa shape index (κ2) is 7.21. The Hall–Kier alpha value is -2.08. The summed E-state index contributed by atoms with van der Waals surface area (Å²) in [6.07, 6.45) is 2.61. The van der Waals surface area contributed by atoms with E-state index < -0.39 is 0 Å². The number of rotatable bonds is 5. The molecule has 3 rings (SSSR count). The van der Waals surface area contributed by atoms with Gasteiger partial charge in [0, 0.05) is 11.5 Å². The summed E-state index contributed by atoms with van der Waals surface area (Å²) < 4.78 is 5.87. The Labute approximate surface area is 142 Å². The van der Waals surface area contributed by atoms with E-state index in [-0.39, 0.29) is 23.7 Å². The predicted molar refractivity (Wildman–Crippen MR) is 92.3 cm³/mol. The zero-order valence-corrected chi connectivity index (χ0v) is 14.1. The molecule has 0 saturated carbocycles. The Morgan fingerprint density at radius 2 is 2.08 bits per heavy atom. The summed E-state index contributed by atoms with van der Waals surface area (Å²) in [5.41, 5.74) is 6.92. The fourth-order valence-electron chi connectivity index (χ4n) is 3.29. The van der Waals surface area contributed by atoms with Gasteiger partial charge >= 0.3 is 0 Å². The van der Waals surface area contributed by atoms with Gasteiger partial charge in [-0.05, 0) is 50.6 Å². The molecule has 2 aliphatic rings. The molecule has 0 radical (unpaired) electrons. The van der Waals surface area contributed by atoms with Crippen LogP contribution in [0.3, 0.4) is 0 Å². The number of carbonyl (C=O) groups excluding carboxylic acids is 2. The van der Waals surface area contributed by atoms with E-state index in [1.54, 1.807) is 0 Å². The Balaban J connectivity index is 1.59. The normalized spacial score (nSPS) is 21.5. The number of Topliss-reactive ketones (excluding diaryl/α,β-unsaturated/α-hetero) is 1. The van der Waals surface area contributed by atoms with Crippen LogP contribution in [0.4, 0.5) is 5.69 Å². The van der Waals surface area contributed by atoms with Gasteiger partial charge in [-0.2, -0.15) is 0 Å². The van der Waals surface area contributed by atoms with E-state index in [0.717, 1.165) is 50.3 Å². The highest BCUT2D eigenvalue weighted by Gasteiger charge is 2.25. The molecule has 0 bridgehead atoms. The lowest BCUT2D eigenvalue weighted by atomic mass is 9.96. The molecule has 1 saturated heterocycles. The predicted octanol–water partition coefficient (Wildman–Crippen LogP) is 1.65. The van der Waals surface area contributed by atoms with Crippen molar-refractivity contribution in [1.82, 2.24) is 4.90 Å². The minimum absolute atomic E-state index is 0.0482. The van der Waals surface area contributed by atoms with E-state index in [4.69, 9.17) is 10.5 Å². The van der Waals surface area contributed by atoms with Crippen LogP contribution in [0.1, 0.15) is 36.5 Å². The largest absolute Gasteiger partial charge is 0.486 e. The minimum atomic E-state index is -0.230. The molecule has 1 atom stereocenters. The maximum absolute atomic E-state index is 12.5. The number of hydrogen-bond acceptors (Lipinski definition) is 5. The van der Waals surface area contributed by atoms with Crippen LogP contribution in [0.15, 0.2) is 18.2 Å². The molecule has 6 heteroatoms. The van der Waals surface area contributed by atoms with Crippen LogP contribution in [-0.4, -0.2) is 48.9 Å². The zero-order chi connectivity index (χ0) is 17.1. The van der Waals surface area contributed by atoms with Crippen molar-refractivity contribution in [2.45, 2.75) is 32.3 Å². The summed E-state index contributed by atoms with van der Waals surface area (Å²) in [7, 11) is 0. The lowest BCUT2D eigenvalue weighted by Gasteiger charge is -2.30. The molecule has 2 aliphatic heterocycles. The third-order valence-electron chi connectivity index (χ3n) is 4.93. The Bertz CT molecular complexity index is 624. The molecular weight excluding hydrogens is 306 g/mol. The number of hydrogen-bond donors (Lipinski definition) is 2. The standard InChI is InChI=1S/C18H25N3O3/c1-2-14-10-20-15-9-13(3-4-17(15)24-14)16(22)11-21-7-5-12(6-8-21)18(19)23/h3-4,9,12,14,20H,2,5-8,10-11H2,1H3,(H2,19,23). The monoisotopic (exact) mass is 331 g/mol. The number of carbonyl (C=O) groups is 2. The van der Waals surface area contributed by atoms with Gasteiger partial charge in [0.25, 0.3) is 0 Å². The smallest absolute Gasteiger partial charge is 0.220 e. The first-order valence-electron chi connectivity index (χ1n) is 8.66. The average Bonchev–Trinajstić information content (AvgIpc) is 2.61. The maximum Gasteiger partial charge on any atom is 0.220 e. The number of ketones is 1. The van der Waals surface area contributed by atoms with Crippen LogP contribution in [0.25, 0.3) is 0 Å². The molecule has 24 heavy (non-hydrogen) atoms. The third-order valence-corrected chi connectivity index (χ3v) is 4.93. The van der Waals surface area contributed by atoms with Crippen LogP contribution >= 0.6 is 0 Å². The third kappa shape index (κ3) is 3.70. The highest BCUT2D eigenvalue weighted by molar-refractivity contribution is 5.98. The first-order valence-corrected chi connectivity index (χ1v) is 8.66. The highest BCUT2D eigenvalue weighted by Crippen LogP contribution is 2.31. The summed E-state index contributed by atoms with van der Waals surface area (Å²) in [5.74, 6) is 0.627. The molecule has 1 unspecified atom stereocenters. The van der Waals surface area contributed by atoms with Crippen LogP contribution in [0.5, 0.6) is 5.75 Å². The van der Waals surface area contributed by atoms with Gasteiger partial charge in [-0.3, -0.25) is 14.5 Å². The fourth-order valence-corrected chi connectivity index (χ4v) is 3.29. The number of fused-ring (bicyclic) bond motifs is 1. The molecule has 1 amide bonds. The van der Waals surface area contributed by atoms with Gasteiger partial charge in [-0.1, -0.05) is 6.92 Å². The second-order valence-electron chi connectivity index (χ2n) is 6.62. The zero-order valence-electron chi connectivity index (χ0n) is 14.1. The second-order valence-corrected chi connectivity index (χ2v) is 6.62. The number of benzene rings is 1. The lowest BCUT2D eigenvalue weighted by Crippen LogP contribution is -2.40.